The molecule has 140 valence electrons. The third-order valence-electron chi connectivity index (χ3n) is 4.87. The van der Waals surface area contributed by atoms with Crippen molar-refractivity contribution in [1.29, 1.82) is 0 Å². The van der Waals surface area contributed by atoms with Crippen LogP contribution in [0.2, 0.25) is 5.02 Å². The van der Waals surface area contributed by atoms with E-state index in [1.54, 1.807) is 29.2 Å². The fourth-order valence-corrected chi connectivity index (χ4v) is 3.64. The molecule has 1 aliphatic rings. The second kappa shape index (κ2) is 7.97. The van der Waals surface area contributed by atoms with Crippen molar-refractivity contribution >= 4 is 29.1 Å². The van der Waals surface area contributed by atoms with Gasteiger partial charge in [-0.2, -0.15) is 0 Å². The number of rotatable bonds is 5. The first-order chi connectivity index (χ1) is 13.0. The van der Waals surface area contributed by atoms with Crippen molar-refractivity contribution < 1.29 is 14.7 Å². The zero-order chi connectivity index (χ0) is 19.6. The van der Waals surface area contributed by atoms with Gasteiger partial charge in [-0.1, -0.05) is 61.3 Å². The van der Waals surface area contributed by atoms with Crippen LogP contribution in [0, 0.1) is 6.92 Å². The lowest BCUT2D eigenvalue weighted by molar-refractivity contribution is -0.139. The summed E-state index contributed by atoms with van der Waals surface area (Å²) in [7, 11) is 0. The van der Waals surface area contributed by atoms with E-state index in [1.165, 1.54) is 0 Å². The van der Waals surface area contributed by atoms with Gasteiger partial charge in [0.15, 0.2) is 0 Å². The molecule has 0 saturated carbocycles. The van der Waals surface area contributed by atoms with Gasteiger partial charge >= 0.3 is 0 Å². The predicted molar refractivity (Wildman–Crippen MR) is 107 cm³/mol. The van der Waals surface area contributed by atoms with Crippen LogP contribution in [0.4, 0.5) is 0 Å². The molecule has 5 heteroatoms. The van der Waals surface area contributed by atoms with E-state index in [0.717, 1.165) is 24.0 Å². The summed E-state index contributed by atoms with van der Waals surface area (Å²) in [6, 6.07) is 13.7. The number of nitrogens with zero attached hydrogens (tertiary/aromatic N) is 1. The fraction of sp³-hybridized carbons (Fsp3) is 0.273. The highest BCUT2D eigenvalue weighted by molar-refractivity contribution is 6.46. The monoisotopic (exact) mass is 383 g/mol. The lowest BCUT2D eigenvalue weighted by Crippen LogP contribution is -2.30. The van der Waals surface area contributed by atoms with Gasteiger partial charge in [-0.3, -0.25) is 9.59 Å². The van der Waals surface area contributed by atoms with Crippen LogP contribution in [-0.2, 0) is 9.59 Å². The average molecular weight is 384 g/mol. The summed E-state index contributed by atoms with van der Waals surface area (Å²) >= 11 is 6.04. The maximum absolute atomic E-state index is 12.8. The van der Waals surface area contributed by atoms with Crippen LogP contribution >= 0.6 is 11.6 Å². The van der Waals surface area contributed by atoms with Gasteiger partial charge in [-0.15, -0.1) is 0 Å². The summed E-state index contributed by atoms with van der Waals surface area (Å²) < 4.78 is 0. The van der Waals surface area contributed by atoms with Crippen LogP contribution in [0.25, 0.3) is 5.76 Å². The summed E-state index contributed by atoms with van der Waals surface area (Å²) in [4.78, 5) is 27.1. The maximum Gasteiger partial charge on any atom is 0.295 e. The molecule has 1 aliphatic heterocycles. The number of Topliss-reactive ketones (excluding diaryl/α,β-unsaturated/α-hetero) is 1. The van der Waals surface area contributed by atoms with Crippen LogP contribution in [0.1, 0.15) is 42.5 Å². The van der Waals surface area contributed by atoms with Crippen LogP contribution < -0.4 is 0 Å². The Balaban J connectivity index is 2.20. The number of aliphatic hydroxyl groups excluding tert-OH is 1. The van der Waals surface area contributed by atoms with Crippen LogP contribution in [-0.4, -0.2) is 28.2 Å². The second-order valence-corrected chi connectivity index (χ2v) is 7.15. The van der Waals surface area contributed by atoms with E-state index in [1.807, 2.05) is 38.1 Å². The van der Waals surface area contributed by atoms with Crippen molar-refractivity contribution in [1.82, 2.24) is 4.90 Å². The highest BCUT2D eigenvalue weighted by Crippen LogP contribution is 2.40. The number of hydrogen-bond donors (Lipinski definition) is 1. The molecular formula is C22H22ClNO3. The van der Waals surface area contributed by atoms with Crippen molar-refractivity contribution in [2.45, 2.75) is 32.7 Å². The molecule has 1 unspecified atom stereocenters. The third kappa shape index (κ3) is 3.62. The minimum atomic E-state index is -0.656. The van der Waals surface area contributed by atoms with E-state index in [9.17, 15) is 14.7 Å². The van der Waals surface area contributed by atoms with Gasteiger partial charge in [0.1, 0.15) is 5.76 Å². The van der Waals surface area contributed by atoms with Crippen LogP contribution in [0.3, 0.4) is 0 Å². The average Bonchev–Trinajstić information content (AvgIpc) is 2.90. The number of halogens is 1. The van der Waals surface area contributed by atoms with Gasteiger partial charge in [-0.25, -0.2) is 0 Å². The number of ketones is 1. The van der Waals surface area contributed by atoms with Crippen molar-refractivity contribution in [3.05, 3.63) is 75.8 Å². The molecule has 1 atom stereocenters. The predicted octanol–water partition coefficient (Wildman–Crippen LogP) is 4.87. The number of likely N-dealkylation sites (tertiary alicyclic amines) is 1. The fourth-order valence-electron chi connectivity index (χ4n) is 3.45. The molecule has 27 heavy (non-hydrogen) atoms. The zero-order valence-electron chi connectivity index (χ0n) is 15.4. The molecule has 0 aliphatic carbocycles. The van der Waals surface area contributed by atoms with E-state index >= 15 is 0 Å². The number of benzene rings is 2. The quantitative estimate of drug-likeness (QED) is 0.455. The van der Waals surface area contributed by atoms with E-state index in [0.29, 0.717) is 17.1 Å². The number of unbranched alkanes of at least 4 members (excludes halogenated alkanes) is 1. The molecule has 0 radical (unpaired) electrons. The Bertz CT molecular complexity index is 919. The molecule has 0 bridgehead atoms. The topological polar surface area (TPSA) is 57.6 Å². The van der Waals surface area contributed by atoms with Gasteiger partial charge in [0.25, 0.3) is 11.7 Å². The Morgan fingerprint density at radius 3 is 2.56 bits per heavy atom. The summed E-state index contributed by atoms with van der Waals surface area (Å²) in [5.74, 6) is -1.42. The molecule has 2 aromatic carbocycles. The normalized spacial score (nSPS) is 18.9. The van der Waals surface area contributed by atoms with Crippen molar-refractivity contribution in [3.63, 3.8) is 0 Å². The standard InChI is InChI=1S/C22H22ClNO3/c1-3-4-12-24-19(17-11-6-5-8-14(17)2)18(21(26)22(24)27)20(25)15-9-7-10-16(23)13-15/h5-11,13,19,25H,3-4,12H2,1-2H3/b20-18+. The highest BCUT2D eigenvalue weighted by Gasteiger charge is 2.46. The summed E-state index contributed by atoms with van der Waals surface area (Å²) in [5.41, 5.74) is 2.35. The molecular weight excluding hydrogens is 362 g/mol. The Morgan fingerprint density at radius 2 is 1.89 bits per heavy atom. The summed E-state index contributed by atoms with van der Waals surface area (Å²) in [6.45, 7) is 4.44. The minimum Gasteiger partial charge on any atom is -0.507 e. The third-order valence-corrected chi connectivity index (χ3v) is 5.11. The lowest BCUT2D eigenvalue weighted by Gasteiger charge is -2.26. The van der Waals surface area contributed by atoms with E-state index < -0.39 is 17.7 Å². The molecule has 4 nitrogen and oxygen atoms in total. The van der Waals surface area contributed by atoms with Crippen molar-refractivity contribution in [2.75, 3.05) is 6.54 Å². The molecule has 1 fully saturated rings. The molecule has 1 saturated heterocycles. The lowest BCUT2D eigenvalue weighted by atomic mass is 9.92. The summed E-state index contributed by atoms with van der Waals surface area (Å²) in [5, 5.41) is 11.4. The molecule has 3 rings (SSSR count). The number of carbonyl (C=O) groups excluding carboxylic acids is 2. The molecule has 1 N–H and O–H groups in total. The molecule has 2 aromatic rings. The second-order valence-electron chi connectivity index (χ2n) is 6.71. The number of hydrogen-bond acceptors (Lipinski definition) is 3. The van der Waals surface area contributed by atoms with Crippen molar-refractivity contribution in [3.8, 4) is 0 Å². The SMILES string of the molecule is CCCCN1C(=O)C(=O)/C(=C(/O)c2cccc(Cl)c2)C1c1ccccc1C. The zero-order valence-corrected chi connectivity index (χ0v) is 16.2. The first-order valence-electron chi connectivity index (χ1n) is 9.05. The summed E-state index contributed by atoms with van der Waals surface area (Å²) in [6.07, 6.45) is 1.68. The number of carbonyl (C=O) groups is 2. The van der Waals surface area contributed by atoms with E-state index in [4.69, 9.17) is 11.6 Å². The smallest absolute Gasteiger partial charge is 0.295 e. The molecule has 0 aromatic heterocycles. The first-order valence-corrected chi connectivity index (χ1v) is 9.43. The number of amides is 1. The van der Waals surface area contributed by atoms with E-state index in [2.05, 4.69) is 0 Å². The van der Waals surface area contributed by atoms with Crippen LogP contribution in [0.15, 0.2) is 54.1 Å². The number of aliphatic hydroxyl groups is 1. The Labute approximate surface area is 164 Å². The van der Waals surface area contributed by atoms with Crippen LogP contribution in [0.5, 0.6) is 0 Å². The number of aryl methyl sites for hydroxylation is 1. The Kier molecular flexibility index (Phi) is 5.66. The largest absolute Gasteiger partial charge is 0.507 e. The van der Waals surface area contributed by atoms with E-state index in [-0.39, 0.29) is 11.3 Å². The van der Waals surface area contributed by atoms with Gasteiger partial charge < -0.3 is 10.0 Å². The van der Waals surface area contributed by atoms with Gasteiger partial charge in [-0.05, 0) is 36.6 Å². The van der Waals surface area contributed by atoms with Gasteiger partial charge in [0, 0.05) is 17.1 Å². The molecule has 1 heterocycles. The van der Waals surface area contributed by atoms with Gasteiger partial charge in [0.05, 0.1) is 11.6 Å². The first kappa shape index (κ1) is 19.2. The van der Waals surface area contributed by atoms with Crippen molar-refractivity contribution in [2.24, 2.45) is 0 Å². The Hall–Kier alpha value is -2.59. The molecule has 1 amide bonds. The minimum absolute atomic E-state index is 0.118. The molecule has 0 spiro atoms. The highest BCUT2D eigenvalue weighted by atomic mass is 35.5. The van der Waals surface area contributed by atoms with Gasteiger partial charge in [0.2, 0.25) is 0 Å². The maximum atomic E-state index is 12.8. The Morgan fingerprint density at radius 1 is 1.15 bits per heavy atom.